The molecule has 1 heterocycles. The lowest BCUT2D eigenvalue weighted by molar-refractivity contribution is -0.123. The fourth-order valence-corrected chi connectivity index (χ4v) is 2.61. The average Bonchev–Trinajstić information content (AvgIpc) is 2.38. The summed E-state index contributed by atoms with van der Waals surface area (Å²) < 4.78 is 5.25. The summed E-state index contributed by atoms with van der Waals surface area (Å²) >= 11 is 0. The van der Waals surface area contributed by atoms with Crippen LogP contribution < -0.4 is 4.90 Å². The van der Waals surface area contributed by atoms with Crippen LogP contribution in [0.1, 0.15) is 25.8 Å². The van der Waals surface area contributed by atoms with Gasteiger partial charge >= 0.3 is 0 Å². The van der Waals surface area contributed by atoms with Crippen molar-refractivity contribution in [3.05, 3.63) is 29.8 Å². The fourth-order valence-electron chi connectivity index (χ4n) is 2.61. The molecule has 2 rings (SSSR count). The van der Waals surface area contributed by atoms with E-state index in [0.717, 1.165) is 6.54 Å². The van der Waals surface area contributed by atoms with Gasteiger partial charge in [0.2, 0.25) is 0 Å². The zero-order valence-electron chi connectivity index (χ0n) is 11.3. The maximum absolute atomic E-state index is 11.7. The number of hydrogen-bond donors (Lipinski definition) is 0. The molecule has 0 aliphatic carbocycles. The summed E-state index contributed by atoms with van der Waals surface area (Å²) in [5, 5.41) is 0. The molecule has 1 aromatic rings. The summed E-state index contributed by atoms with van der Waals surface area (Å²) in [6.07, 6.45) is 0.646. The Balaban J connectivity index is 2.28. The lowest BCUT2D eigenvalue weighted by atomic mass is 9.90. The second-order valence-corrected chi connectivity index (χ2v) is 5.00. The third-order valence-corrected chi connectivity index (χ3v) is 3.92. The number of methoxy groups -OCH3 is 1. The molecule has 1 fully saturated rings. The van der Waals surface area contributed by atoms with Crippen LogP contribution in [0.15, 0.2) is 24.3 Å². The molecule has 0 aromatic heterocycles. The monoisotopic (exact) mass is 247 g/mol. The molecule has 0 amide bonds. The molecule has 18 heavy (non-hydrogen) atoms. The maximum atomic E-state index is 11.7. The first-order chi connectivity index (χ1) is 8.65. The van der Waals surface area contributed by atoms with Crippen molar-refractivity contribution in [3.63, 3.8) is 0 Å². The van der Waals surface area contributed by atoms with E-state index in [1.54, 1.807) is 7.11 Å². The minimum atomic E-state index is 0.106. The second-order valence-electron chi connectivity index (χ2n) is 5.00. The van der Waals surface area contributed by atoms with E-state index < -0.39 is 0 Å². The number of hydrogen-bond acceptors (Lipinski definition) is 3. The molecule has 1 saturated heterocycles. The van der Waals surface area contributed by atoms with Crippen LogP contribution in [0.4, 0.5) is 5.69 Å². The summed E-state index contributed by atoms with van der Waals surface area (Å²) in [6, 6.07) is 8.54. The number of nitrogens with zero attached hydrogens (tertiary/aromatic N) is 1. The van der Waals surface area contributed by atoms with Crippen molar-refractivity contribution in [1.82, 2.24) is 0 Å². The Morgan fingerprint density at radius 3 is 2.78 bits per heavy atom. The van der Waals surface area contributed by atoms with Crippen LogP contribution in [-0.4, -0.2) is 25.5 Å². The van der Waals surface area contributed by atoms with Crippen LogP contribution in [-0.2, 0) is 16.1 Å². The highest BCUT2D eigenvalue weighted by Gasteiger charge is 2.31. The molecular formula is C15H21NO2. The van der Waals surface area contributed by atoms with Gasteiger partial charge in [0.25, 0.3) is 0 Å². The molecule has 1 aliphatic heterocycles. The highest BCUT2D eigenvalue weighted by molar-refractivity contribution is 5.84. The number of para-hydroxylation sites is 1. The Morgan fingerprint density at radius 1 is 1.33 bits per heavy atom. The molecule has 2 atom stereocenters. The molecule has 1 aromatic carbocycles. The van der Waals surface area contributed by atoms with E-state index in [1.165, 1.54) is 11.3 Å². The molecule has 0 N–H and O–H groups in total. The molecule has 0 bridgehead atoms. The van der Waals surface area contributed by atoms with Gasteiger partial charge in [-0.1, -0.05) is 25.1 Å². The van der Waals surface area contributed by atoms with Gasteiger partial charge in [-0.25, -0.2) is 0 Å². The van der Waals surface area contributed by atoms with Crippen LogP contribution >= 0.6 is 0 Å². The first kappa shape index (κ1) is 13.1. The van der Waals surface area contributed by atoms with E-state index in [2.05, 4.69) is 24.0 Å². The van der Waals surface area contributed by atoms with Crippen molar-refractivity contribution in [1.29, 1.82) is 0 Å². The highest BCUT2D eigenvalue weighted by atomic mass is 16.5. The molecule has 3 nitrogen and oxygen atoms in total. The first-order valence-electron chi connectivity index (χ1n) is 6.51. The van der Waals surface area contributed by atoms with Crippen molar-refractivity contribution in [3.8, 4) is 0 Å². The Morgan fingerprint density at radius 2 is 2.06 bits per heavy atom. The molecular weight excluding hydrogens is 226 g/mol. The minimum Gasteiger partial charge on any atom is -0.380 e. The van der Waals surface area contributed by atoms with Gasteiger partial charge in [-0.05, 0) is 13.0 Å². The number of piperidine rings is 1. The molecule has 3 heteroatoms. The summed E-state index contributed by atoms with van der Waals surface area (Å²) in [7, 11) is 1.71. The van der Waals surface area contributed by atoms with Crippen molar-refractivity contribution in [2.24, 2.45) is 5.92 Å². The third kappa shape index (κ3) is 2.41. The second kappa shape index (κ2) is 5.53. The van der Waals surface area contributed by atoms with Crippen molar-refractivity contribution >= 4 is 11.5 Å². The van der Waals surface area contributed by atoms with Gasteiger partial charge in [0.05, 0.1) is 6.61 Å². The molecule has 98 valence electrons. The number of anilines is 1. The predicted octanol–water partition coefficient (Wildman–Crippen LogP) is 2.64. The number of ether oxygens (including phenoxy) is 1. The topological polar surface area (TPSA) is 29.5 Å². The van der Waals surface area contributed by atoms with Crippen LogP contribution in [0.3, 0.4) is 0 Å². The quantitative estimate of drug-likeness (QED) is 0.822. The van der Waals surface area contributed by atoms with Gasteiger partial charge < -0.3 is 9.64 Å². The fraction of sp³-hybridized carbons (Fsp3) is 0.533. The van der Waals surface area contributed by atoms with E-state index in [-0.39, 0.29) is 12.0 Å². The van der Waals surface area contributed by atoms with Crippen LogP contribution in [0.5, 0.6) is 0 Å². The normalized spacial score (nSPS) is 24.4. The SMILES string of the molecule is COCc1ccccc1N1CCC(=O)C(C)C1C. The van der Waals surface area contributed by atoms with Gasteiger partial charge in [0.1, 0.15) is 5.78 Å². The maximum Gasteiger partial charge on any atom is 0.139 e. The van der Waals surface area contributed by atoms with Crippen LogP contribution in [0.2, 0.25) is 0 Å². The summed E-state index contributed by atoms with van der Waals surface area (Å²) in [6.45, 7) is 5.58. The molecule has 0 saturated carbocycles. The minimum absolute atomic E-state index is 0.106. The van der Waals surface area contributed by atoms with Crippen molar-refractivity contribution < 1.29 is 9.53 Å². The van der Waals surface area contributed by atoms with Gasteiger partial charge in [-0.2, -0.15) is 0 Å². The lowest BCUT2D eigenvalue weighted by Gasteiger charge is -2.39. The number of Topliss-reactive ketones (excluding diaryl/α,β-unsaturated/α-hetero) is 1. The Bertz CT molecular complexity index is 430. The largest absolute Gasteiger partial charge is 0.380 e. The van der Waals surface area contributed by atoms with Crippen LogP contribution in [0, 0.1) is 5.92 Å². The first-order valence-corrected chi connectivity index (χ1v) is 6.51. The zero-order chi connectivity index (χ0) is 13.1. The molecule has 2 unspecified atom stereocenters. The van der Waals surface area contributed by atoms with Crippen molar-refractivity contribution in [2.45, 2.75) is 32.9 Å². The predicted molar refractivity (Wildman–Crippen MR) is 72.8 cm³/mol. The molecule has 0 radical (unpaired) electrons. The highest BCUT2D eigenvalue weighted by Crippen LogP contribution is 2.29. The zero-order valence-corrected chi connectivity index (χ0v) is 11.3. The number of carbonyl (C=O) groups is 1. The number of rotatable bonds is 3. The average molecular weight is 247 g/mol. The molecule has 1 aliphatic rings. The van der Waals surface area contributed by atoms with Gasteiger partial charge in [0.15, 0.2) is 0 Å². The Hall–Kier alpha value is -1.35. The van der Waals surface area contributed by atoms with Gasteiger partial charge in [0, 0.05) is 43.3 Å². The molecule has 0 spiro atoms. The Kier molecular flexibility index (Phi) is 4.02. The number of carbonyl (C=O) groups excluding carboxylic acids is 1. The smallest absolute Gasteiger partial charge is 0.139 e. The summed E-state index contributed by atoms with van der Waals surface area (Å²) in [4.78, 5) is 14.1. The van der Waals surface area contributed by atoms with E-state index in [0.29, 0.717) is 18.8 Å². The van der Waals surface area contributed by atoms with Crippen LogP contribution in [0.25, 0.3) is 0 Å². The summed E-state index contributed by atoms with van der Waals surface area (Å²) in [5.41, 5.74) is 2.39. The number of ketones is 1. The van der Waals surface area contributed by atoms with E-state index in [1.807, 2.05) is 19.1 Å². The lowest BCUT2D eigenvalue weighted by Crippen LogP contribution is -2.47. The van der Waals surface area contributed by atoms with Crippen molar-refractivity contribution in [2.75, 3.05) is 18.6 Å². The van der Waals surface area contributed by atoms with Gasteiger partial charge in [-0.3, -0.25) is 4.79 Å². The third-order valence-electron chi connectivity index (χ3n) is 3.92. The van der Waals surface area contributed by atoms with E-state index in [9.17, 15) is 4.79 Å². The Labute approximate surface area is 109 Å². The van der Waals surface area contributed by atoms with E-state index in [4.69, 9.17) is 4.74 Å². The number of benzene rings is 1. The van der Waals surface area contributed by atoms with E-state index >= 15 is 0 Å². The summed E-state index contributed by atoms with van der Waals surface area (Å²) in [5.74, 6) is 0.484. The standard InChI is InChI=1S/C15H21NO2/c1-11-12(2)16(9-8-15(11)17)14-7-5-4-6-13(14)10-18-3/h4-7,11-12H,8-10H2,1-3H3. The van der Waals surface area contributed by atoms with Gasteiger partial charge in [-0.15, -0.1) is 0 Å².